The number of ether oxygens (including phenoxy) is 1. The van der Waals surface area contributed by atoms with Crippen molar-refractivity contribution < 1.29 is 9.53 Å². The van der Waals surface area contributed by atoms with Gasteiger partial charge < -0.3 is 15.0 Å². The molecule has 0 unspecified atom stereocenters. The molecule has 0 saturated heterocycles. The van der Waals surface area contributed by atoms with Crippen LogP contribution in [0.15, 0.2) is 48.8 Å². The van der Waals surface area contributed by atoms with Crippen LogP contribution in [-0.4, -0.2) is 42.7 Å². The summed E-state index contributed by atoms with van der Waals surface area (Å²) in [7, 11) is 1.77. The molecule has 2 amide bonds. The van der Waals surface area contributed by atoms with E-state index in [4.69, 9.17) is 16.3 Å². The van der Waals surface area contributed by atoms with Crippen molar-refractivity contribution in [3.63, 3.8) is 0 Å². The second-order valence-electron chi connectivity index (χ2n) is 5.06. The fraction of sp³-hybridized carbons (Fsp3) is 0.294. The first kappa shape index (κ1) is 17.1. The molecule has 1 aromatic heterocycles. The summed E-state index contributed by atoms with van der Waals surface area (Å²) in [5.74, 6) is 0.692. The molecule has 0 fully saturated rings. The van der Waals surface area contributed by atoms with Crippen molar-refractivity contribution in [2.45, 2.75) is 6.42 Å². The van der Waals surface area contributed by atoms with Crippen LogP contribution in [0.25, 0.3) is 0 Å². The van der Waals surface area contributed by atoms with Crippen LogP contribution < -0.4 is 10.1 Å². The van der Waals surface area contributed by atoms with Crippen LogP contribution in [0.2, 0.25) is 5.02 Å². The number of hydrogen-bond donors (Lipinski definition) is 1. The number of nitrogens with zero attached hydrogens (tertiary/aromatic N) is 2. The van der Waals surface area contributed by atoms with Gasteiger partial charge in [-0.15, -0.1) is 0 Å². The molecular formula is C17H20ClN3O2. The number of amides is 2. The Bertz CT molecular complexity index is 622. The molecule has 1 aromatic carbocycles. The standard InChI is InChI=1S/C17H20ClN3O2/c1-21(11-7-14-5-8-19-9-6-14)17(22)20-10-12-23-16-4-2-3-15(18)13-16/h2-6,8-9,13H,7,10-12H2,1H3,(H,20,22). The Morgan fingerprint density at radius 3 is 2.83 bits per heavy atom. The number of urea groups is 1. The van der Waals surface area contributed by atoms with E-state index in [0.29, 0.717) is 30.5 Å². The van der Waals surface area contributed by atoms with Crippen molar-refractivity contribution in [1.29, 1.82) is 0 Å². The summed E-state index contributed by atoms with van der Waals surface area (Å²) >= 11 is 5.87. The van der Waals surface area contributed by atoms with Gasteiger partial charge in [0.25, 0.3) is 0 Å². The Balaban J connectivity index is 1.64. The van der Waals surface area contributed by atoms with Crippen LogP contribution in [-0.2, 0) is 6.42 Å². The molecule has 5 nitrogen and oxygen atoms in total. The van der Waals surface area contributed by atoms with Crippen molar-refractivity contribution in [3.05, 3.63) is 59.4 Å². The number of hydrogen-bond acceptors (Lipinski definition) is 3. The maximum Gasteiger partial charge on any atom is 0.317 e. The molecule has 0 radical (unpaired) electrons. The average Bonchev–Trinajstić information content (AvgIpc) is 2.57. The second-order valence-corrected chi connectivity index (χ2v) is 5.50. The van der Waals surface area contributed by atoms with Gasteiger partial charge in [-0.05, 0) is 42.3 Å². The highest BCUT2D eigenvalue weighted by molar-refractivity contribution is 6.30. The molecule has 1 N–H and O–H groups in total. The highest BCUT2D eigenvalue weighted by Crippen LogP contribution is 2.16. The molecule has 2 rings (SSSR count). The Morgan fingerprint density at radius 1 is 1.30 bits per heavy atom. The van der Waals surface area contributed by atoms with Gasteiger partial charge in [-0.2, -0.15) is 0 Å². The van der Waals surface area contributed by atoms with E-state index in [2.05, 4.69) is 10.3 Å². The first-order valence-corrected chi connectivity index (χ1v) is 7.79. The van der Waals surface area contributed by atoms with Gasteiger partial charge in [-0.1, -0.05) is 17.7 Å². The Labute approximate surface area is 141 Å². The zero-order valence-corrected chi connectivity index (χ0v) is 13.8. The summed E-state index contributed by atoms with van der Waals surface area (Å²) in [5.41, 5.74) is 1.16. The lowest BCUT2D eigenvalue weighted by Crippen LogP contribution is -2.40. The lowest BCUT2D eigenvalue weighted by molar-refractivity contribution is 0.206. The molecule has 122 valence electrons. The molecule has 23 heavy (non-hydrogen) atoms. The van der Waals surface area contributed by atoms with Gasteiger partial charge in [0.05, 0.1) is 6.54 Å². The smallest absolute Gasteiger partial charge is 0.317 e. The van der Waals surface area contributed by atoms with E-state index in [-0.39, 0.29) is 6.03 Å². The molecule has 1 heterocycles. The highest BCUT2D eigenvalue weighted by atomic mass is 35.5. The van der Waals surface area contributed by atoms with Gasteiger partial charge in [0.2, 0.25) is 0 Å². The summed E-state index contributed by atoms with van der Waals surface area (Å²) in [4.78, 5) is 17.6. The predicted octanol–water partition coefficient (Wildman–Crippen LogP) is 3.00. The number of pyridine rings is 1. The molecule has 0 spiro atoms. The second kappa shape index (κ2) is 9.00. The largest absolute Gasteiger partial charge is 0.492 e. The molecule has 0 aliphatic carbocycles. The van der Waals surface area contributed by atoms with E-state index >= 15 is 0 Å². The molecule has 0 saturated carbocycles. The van der Waals surface area contributed by atoms with Gasteiger partial charge in [0, 0.05) is 31.0 Å². The number of benzene rings is 1. The minimum atomic E-state index is -0.117. The normalized spacial score (nSPS) is 10.2. The number of nitrogens with one attached hydrogen (secondary N) is 1. The molecule has 0 atom stereocenters. The fourth-order valence-corrected chi connectivity index (χ4v) is 2.15. The lowest BCUT2D eigenvalue weighted by Gasteiger charge is -2.18. The average molecular weight is 334 g/mol. The third-order valence-electron chi connectivity index (χ3n) is 3.28. The third-order valence-corrected chi connectivity index (χ3v) is 3.51. The summed E-state index contributed by atoms with van der Waals surface area (Å²) in [6.45, 7) is 1.47. The summed E-state index contributed by atoms with van der Waals surface area (Å²) in [5, 5.41) is 3.45. The van der Waals surface area contributed by atoms with E-state index in [0.717, 1.165) is 12.0 Å². The first-order valence-electron chi connectivity index (χ1n) is 7.41. The summed E-state index contributed by atoms with van der Waals surface area (Å²) in [6, 6.07) is 11.0. The van der Waals surface area contributed by atoms with Crippen LogP contribution in [0.5, 0.6) is 5.75 Å². The van der Waals surface area contributed by atoms with E-state index in [9.17, 15) is 4.79 Å². The predicted molar refractivity (Wildman–Crippen MR) is 90.9 cm³/mol. The van der Waals surface area contributed by atoms with E-state index < -0.39 is 0 Å². The van der Waals surface area contributed by atoms with Crippen LogP contribution in [0, 0.1) is 0 Å². The molecule has 0 aliphatic heterocycles. The zero-order chi connectivity index (χ0) is 16.5. The Kier molecular flexibility index (Phi) is 6.69. The molecule has 0 bridgehead atoms. The zero-order valence-electron chi connectivity index (χ0n) is 13.0. The number of carbonyl (C=O) groups is 1. The maximum absolute atomic E-state index is 12.0. The molecule has 6 heteroatoms. The van der Waals surface area contributed by atoms with Gasteiger partial charge in [-0.25, -0.2) is 4.79 Å². The summed E-state index contributed by atoms with van der Waals surface area (Å²) in [6.07, 6.45) is 4.30. The van der Waals surface area contributed by atoms with Crippen molar-refractivity contribution in [1.82, 2.24) is 15.2 Å². The van der Waals surface area contributed by atoms with Crippen molar-refractivity contribution in [2.75, 3.05) is 26.7 Å². The maximum atomic E-state index is 12.0. The molecule has 0 aliphatic rings. The van der Waals surface area contributed by atoms with Gasteiger partial charge >= 0.3 is 6.03 Å². The van der Waals surface area contributed by atoms with Crippen molar-refractivity contribution in [2.24, 2.45) is 0 Å². The van der Waals surface area contributed by atoms with Crippen LogP contribution in [0.4, 0.5) is 4.79 Å². The van der Waals surface area contributed by atoms with Gasteiger partial charge in [-0.3, -0.25) is 4.98 Å². The quantitative estimate of drug-likeness (QED) is 0.792. The first-order chi connectivity index (χ1) is 11.1. The van der Waals surface area contributed by atoms with Gasteiger partial charge in [0.1, 0.15) is 12.4 Å². The number of halogens is 1. The monoisotopic (exact) mass is 333 g/mol. The third kappa shape index (κ3) is 6.16. The SMILES string of the molecule is CN(CCc1ccncc1)C(=O)NCCOc1cccc(Cl)c1. The van der Waals surface area contributed by atoms with E-state index in [1.165, 1.54) is 0 Å². The Hall–Kier alpha value is -2.27. The van der Waals surface area contributed by atoms with Crippen LogP contribution >= 0.6 is 11.6 Å². The minimum absolute atomic E-state index is 0.117. The number of aromatic nitrogens is 1. The number of carbonyl (C=O) groups excluding carboxylic acids is 1. The van der Waals surface area contributed by atoms with Crippen LogP contribution in [0.3, 0.4) is 0 Å². The lowest BCUT2D eigenvalue weighted by atomic mass is 10.2. The van der Waals surface area contributed by atoms with E-state index in [1.54, 1.807) is 36.5 Å². The topological polar surface area (TPSA) is 54.5 Å². The fourth-order valence-electron chi connectivity index (χ4n) is 1.97. The van der Waals surface area contributed by atoms with Gasteiger partial charge in [0.15, 0.2) is 0 Å². The molecule has 2 aromatic rings. The van der Waals surface area contributed by atoms with Crippen molar-refractivity contribution >= 4 is 17.6 Å². The minimum Gasteiger partial charge on any atom is -0.492 e. The molecular weight excluding hydrogens is 314 g/mol. The highest BCUT2D eigenvalue weighted by Gasteiger charge is 2.07. The number of rotatable bonds is 7. The number of likely N-dealkylation sites (N-methyl/N-ethyl adjacent to an activating group) is 1. The van der Waals surface area contributed by atoms with Crippen LogP contribution in [0.1, 0.15) is 5.56 Å². The summed E-state index contributed by atoms with van der Waals surface area (Å²) < 4.78 is 5.52. The Morgan fingerprint density at radius 2 is 2.09 bits per heavy atom. The van der Waals surface area contributed by atoms with Crippen molar-refractivity contribution in [3.8, 4) is 5.75 Å². The van der Waals surface area contributed by atoms with E-state index in [1.807, 2.05) is 24.3 Å².